The van der Waals surface area contributed by atoms with Crippen molar-refractivity contribution in [2.75, 3.05) is 24.3 Å². The first kappa shape index (κ1) is 14.1. The molecule has 1 heterocycles. The Morgan fingerprint density at radius 1 is 1.20 bits per heavy atom. The van der Waals surface area contributed by atoms with Gasteiger partial charge in [0.05, 0.1) is 12.8 Å². The lowest BCUT2D eigenvalue weighted by molar-refractivity contribution is 0.417. The zero-order valence-electron chi connectivity index (χ0n) is 12.1. The first-order chi connectivity index (χ1) is 9.72. The van der Waals surface area contributed by atoms with Crippen LogP contribution in [-0.4, -0.2) is 23.6 Å². The second kappa shape index (κ2) is 6.75. The van der Waals surface area contributed by atoms with Gasteiger partial charge in [0.2, 0.25) is 5.95 Å². The van der Waals surface area contributed by atoms with Crippen molar-refractivity contribution in [2.24, 2.45) is 0 Å². The van der Waals surface area contributed by atoms with E-state index < -0.39 is 0 Å². The second-order valence-electron chi connectivity index (χ2n) is 4.47. The molecule has 20 heavy (non-hydrogen) atoms. The van der Waals surface area contributed by atoms with Crippen LogP contribution in [0.2, 0.25) is 0 Å². The molecule has 5 nitrogen and oxygen atoms in total. The SMILES string of the molecule is CCCNc1cc(C)nc(Nc2ccccc2OC)n1. The summed E-state index contributed by atoms with van der Waals surface area (Å²) in [5, 5.41) is 6.46. The first-order valence-electron chi connectivity index (χ1n) is 6.72. The summed E-state index contributed by atoms with van der Waals surface area (Å²) < 4.78 is 5.31. The zero-order valence-corrected chi connectivity index (χ0v) is 12.1. The predicted octanol–water partition coefficient (Wildman–Crippen LogP) is 3.36. The summed E-state index contributed by atoms with van der Waals surface area (Å²) in [6.07, 6.45) is 1.05. The molecule has 0 saturated carbocycles. The molecule has 0 aliphatic carbocycles. The van der Waals surface area contributed by atoms with Gasteiger partial charge in [-0.25, -0.2) is 4.98 Å². The molecule has 2 N–H and O–H groups in total. The molecular weight excluding hydrogens is 252 g/mol. The number of aromatic nitrogens is 2. The van der Waals surface area contributed by atoms with Crippen LogP contribution in [0.4, 0.5) is 17.5 Å². The molecule has 0 atom stereocenters. The van der Waals surface area contributed by atoms with Gasteiger partial charge in [-0.15, -0.1) is 0 Å². The quantitative estimate of drug-likeness (QED) is 0.844. The number of hydrogen-bond donors (Lipinski definition) is 2. The predicted molar refractivity (Wildman–Crippen MR) is 81.8 cm³/mol. The molecule has 5 heteroatoms. The standard InChI is InChI=1S/C15H20N4O/c1-4-9-16-14-10-11(2)17-15(19-14)18-12-7-5-6-8-13(12)20-3/h5-8,10H,4,9H2,1-3H3,(H2,16,17,18,19). The minimum Gasteiger partial charge on any atom is -0.495 e. The van der Waals surface area contributed by atoms with Crippen molar-refractivity contribution in [1.29, 1.82) is 0 Å². The third-order valence-corrected chi connectivity index (χ3v) is 2.76. The van der Waals surface area contributed by atoms with E-state index in [9.17, 15) is 0 Å². The topological polar surface area (TPSA) is 59.1 Å². The summed E-state index contributed by atoms with van der Waals surface area (Å²) in [5.74, 6) is 2.16. The minimum atomic E-state index is 0.563. The third-order valence-electron chi connectivity index (χ3n) is 2.76. The van der Waals surface area contributed by atoms with Crippen LogP contribution in [-0.2, 0) is 0 Å². The molecule has 0 spiro atoms. The van der Waals surface area contributed by atoms with Crippen molar-refractivity contribution < 1.29 is 4.74 Å². The fourth-order valence-electron chi connectivity index (χ4n) is 1.84. The van der Waals surface area contributed by atoms with Gasteiger partial charge >= 0.3 is 0 Å². The molecule has 0 fully saturated rings. The first-order valence-corrected chi connectivity index (χ1v) is 6.72. The summed E-state index contributed by atoms with van der Waals surface area (Å²) in [6, 6.07) is 9.63. The Bertz CT molecular complexity index is 572. The van der Waals surface area contributed by atoms with Crippen LogP contribution in [0.3, 0.4) is 0 Å². The van der Waals surface area contributed by atoms with Gasteiger partial charge in [0.15, 0.2) is 0 Å². The van der Waals surface area contributed by atoms with E-state index in [1.165, 1.54) is 0 Å². The lowest BCUT2D eigenvalue weighted by Crippen LogP contribution is -2.06. The number of rotatable bonds is 6. The number of ether oxygens (including phenoxy) is 1. The molecular formula is C15H20N4O. The normalized spacial score (nSPS) is 10.2. The van der Waals surface area contributed by atoms with Crippen LogP contribution in [0, 0.1) is 6.92 Å². The van der Waals surface area contributed by atoms with Crippen molar-refractivity contribution in [1.82, 2.24) is 9.97 Å². The highest BCUT2D eigenvalue weighted by Gasteiger charge is 2.06. The van der Waals surface area contributed by atoms with E-state index in [0.29, 0.717) is 5.95 Å². The minimum absolute atomic E-state index is 0.563. The van der Waals surface area contributed by atoms with E-state index in [1.807, 2.05) is 37.3 Å². The highest BCUT2D eigenvalue weighted by atomic mass is 16.5. The molecule has 0 bridgehead atoms. The van der Waals surface area contributed by atoms with Crippen LogP contribution in [0.25, 0.3) is 0 Å². The Kier molecular flexibility index (Phi) is 4.76. The molecule has 0 aliphatic rings. The Morgan fingerprint density at radius 2 is 2.00 bits per heavy atom. The lowest BCUT2D eigenvalue weighted by atomic mass is 10.3. The zero-order chi connectivity index (χ0) is 14.4. The maximum absolute atomic E-state index is 5.31. The van der Waals surface area contributed by atoms with Gasteiger partial charge in [0.1, 0.15) is 11.6 Å². The fourth-order valence-corrected chi connectivity index (χ4v) is 1.84. The van der Waals surface area contributed by atoms with Gasteiger partial charge in [0.25, 0.3) is 0 Å². The third kappa shape index (κ3) is 3.60. The Balaban J connectivity index is 2.22. The number of nitrogens with one attached hydrogen (secondary N) is 2. The van der Waals surface area contributed by atoms with Crippen molar-refractivity contribution in [2.45, 2.75) is 20.3 Å². The van der Waals surface area contributed by atoms with E-state index in [1.54, 1.807) is 7.11 Å². The molecule has 106 valence electrons. The van der Waals surface area contributed by atoms with Crippen LogP contribution < -0.4 is 15.4 Å². The van der Waals surface area contributed by atoms with E-state index in [0.717, 1.165) is 35.9 Å². The highest BCUT2D eigenvalue weighted by Crippen LogP contribution is 2.26. The average Bonchev–Trinajstić information content (AvgIpc) is 2.45. The molecule has 2 rings (SSSR count). The maximum atomic E-state index is 5.31. The number of hydrogen-bond acceptors (Lipinski definition) is 5. The number of para-hydroxylation sites is 2. The lowest BCUT2D eigenvalue weighted by Gasteiger charge is -2.11. The smallest absolute Gasteiger partial charge is 0.229 e. The summed E-state index contributed by atoms with van der Waals surface area (Å²) >= 11 is 0. The van der Waals surface area contributed by atoms with Crippen molar-refractivity contribution in [3.63, 3.8) is 0 Å². The van der Waals surface area contributed by atoms with E-state index in [4.69, 9.17) is 4.74 Å². The Hall–Kier alpha value is -2.30. The van der Waals surface area contributed by atoms with E-state index in [-0.39, 0.29) is 0 Å². The summed E-state index contributed by atoms with van der Waals surface area (Å²) in [6.45, 7) is 4.96. The van der Waals surface area contributed by atoms with Crippen molar-refractivity contribution >= 4 is 17.5 Å². The Labute approximate surface area is 119 Å². The number of methoxy groups -OCH3 is 1. The summed E-state index contributed by atoms with van der Waals surface area (Å²) in [7, 11) is 1.64. The summed E-state index contributed by atoms with van der Waals surface area (Å²) in [5.41, 5.74) is 1.76. The monoisotopic (exact) mass is 272 g/mol. The van der Waals surface area contributed by atoms with Gasteiger partial charge in [-0.05, 0) is 25.5 Å². The number of anilines is 3. The van der Waals surface area contributed by atoms with Crippen LogP contribution in [0.1, 0.15) is 19.0 Å². The number of aryl methyl sites for hydroxylation is 1. The van der Waals surface area contributed by atoms with Gasteiger partial charge in [0, 0.05) is 18.3 Å². The van der Waals surface area contributed by atoms with Gasteiger partial charge in [-0.1, -0.05) is 19.1 Å². The molecule has 0 aliphatic heterocycles. The summed E-state index contributed by atoms with van der Waals surface area (Å²) in [4.78, 5) is 8.85. The fraction of sp³-hybridized carbons (Fsp3) is 0.333. The van der Waals surface area contributed by atoms with Crippen LogP contribution >= 0.6 is 0 Å². The van der Waals surface area contributed by atoms with Crippen molar-refractivity contribution in [3.05, 3.63) is 36.0 Å². The molecule has 0 amide bonds. The highest BCUT2D eigenvalue weighted by molar-refractivity contribution is 5.63. The average molecular weight is 272 g/mol. The molecule has 0 unspecified atom stereocenters. The molecule has 1 aromatic heterocycles. The van der Waals surface area contributed by atoms with Crippen molar-refractivity contribution in [3.8, 4) is 5.75 Å². The van der Waals surface area contributed by atoms with Gasteiger partial charge in [-0.2, -0.15) is 4.98 Å². The number of benzene rings is 1. The van der Waals surface area contributed by atoms with Gasteiger partial charge in [-0.3, -0.25) is 0 Å². The largest absolute Gasteiger partial charge is 0.495 e. The van der Waals surface area contributed by atoms with E-state index in [2.05, 4.69) is 27.5 Å². The van der Waals surface area contributed by atoms with Crippen LogP contribution in [0.15, 0.2) is 30.3 Å². The maximum Gasteiger partial charge on any atom is 0.229 e. The van der Waals surface area contributed by atoms with Crippen LogP contribution in [0.5, 0.6) is 5.75 Å². The second-order valence-corrected chi connectivity index (χ2v) is 4.47. The Morgan fingerprint density at radius 3 is 2.75 bits per heavy atom. The molecule has 0 saturated heterocycles. The van der Waals surface area contributed by atoms with E-state index >= 15 is 0 Å². The number of nitrogens with zero attached hydrogens (tertiary/aromatic N) is 2. The molecule has 0 radical (unpaired) electrons. The molecule has 2 aromatic rings. The van der Waals surface area contributed by atoms with Gasteiger partial charge < -0.3 is 15.4 Å². The molecule has 1 aromatic carbocycles.